The molecule has 1 heterocycles. The van der Waals surface area contributed by atoms with Gasteiger partial charge in [0.05, 0.1) is 16.2 Å². The van der Waals surface area contributed by atoms with Crippen molar-refractivity contribution < 1.29 is 14.5 Å². The summed E-state index contributed by atoms with van der Waals surface area (Å²) >= 11 is 6.23. The second-order valence-corrected chi connectivity index (χ2v) is 7.73. The fourth-order valence-corrected chi connectivity index (χ4v) is 3.75. The van der Waals surface area contributed by atoms with Gasteiger partial charge in [0.25, 0.3) is 17.5 Å². The predicted octanol–water partition coefficient (Wildman–Crippen LogP) is 5.26. The van der Waals surface area contributed by atoms with Crippen molar-refractivity contribution in [2.24, 2.45) is 0 Å². The highest BCUT2D eigenvalue weighted by atomic mass is 35.5. The summed E-state index contributed by atoms with van der Waals surface area (Å²) in [5, 5.41) is 14.6. The number of hydrogen-bond acceptors (Lipinski definition) is 5. The van der Waals surface area contributed by atoms with Gasteiger partial charge in [-0.2, -0.15) is 0 Å². The van der Waals surface area contributed by atoms with Crippen LogP contribution in [0.1, 0.15) is 16.7 Å². The van der Waals surface area contributed by atoms with Gasteiger partial charge < -0.3 is 5.32 Å². The van der Waals surface area contributed by atoms with Gasteiger partial charge in [-0.1, -0.05) is 35.9 Å². The van der Waals surface area contributed by atoms with Crippen LogP contribution >= 0.6 is 11.6 Å². The summed E-state index contributed by atoms with van der Waals surface area (Å²) in [5.74, 6) is -1.03. The summed E-state index contributed by atoms with van der Waals surface area (Å²) in [6.45, 7) is 3.62. The third kappa shape index (κ3) is 3.63. The molecule has 1 aliphatic heterocycles. The topological polar surface area (TPSA) is 92.6 Å². The van der Waals surface area contributed by atoms with Gasteiger partial charge >= 0.3 is 0 Å². The molecule has 32 heavy (non-hydrogen) atoms. The molecule has 0 aromatic heterocycles. The summed E-state index contributed by atoms with van der Waals surface area (Å²) in [5.41, 5.74) is 3.04. The first-order valence-electron chi connectivity index (χ1n) is 9.75. The van der Waals surface area contributed by atoms with Gasteiger partial charge in [0, 0.05) is 22.8 Å². The van der Waals surface area contributed by atoms with Crippen molar-refractivity contribution in [3.8, 4) is 0 Å². The van der Waals surface area contributed by atoms with E-state index in [-0.39, 0.29) is 17.0 Å². The SMILES string of the molecule is Cc1ccccc1N1C(=O)C(Nc2cccc(Cl)c2C)=C(c2ccc([N+](=O)[O-])cc2)C1=O. The maximum absolute atomic E-state index is 13.5. The molecule has 1 N–H and O–H groups in total. The van der Waals surface area contributed by atoms with Crippen LogP contribution in [-0.2, 0) is 9.59 Å². The molecular weight excluding hydrogens is 430 g/mol. The third-order valence-corrected chi connectivity index (χ3v) is 5.74. The van der Waals surface area contributed by atoms with E-state index >= 15 is 0 Å². The van der Waals surface area contributed by atoms with Crippen molar-refractivity contribution in [2.45, 2.75) is 13.8 Å². The molecule has 3 aromatic carbocycles. The second-order valence-electron chi connectivity index (χ2n) is 7.32. The van der Waals surface area contributed by atoms with Gasteiger partial charge in [0.2, 0.25) is 0 Å². The number of amides is 2. The van der Waals surface area contributed by atoms with Gasteiger partial charge in [-0.05, 0) is 60.9 Å². The largest absolute Gasteiger partial charge is 0.350 e. The summed E-state index contributed by atoms with van der Waals surface area (Å²) in [6.07, 6.45) is 0. The number of nitrogens with one attached hydrogen (secondary N) is 1. The minimum Gasteiger partial charge on any atom is -0.350 e. The van der Waals surface area contributed by atoms with Crippen molar-refractivity contribution in [1.82, 2.24) is 0 Å². The molecule has 0 bridgehead atoms. The molecule has 7 nitrogen and oxygen atoms in total. The number of aryl methyl sites for hydroxylation is 1. The van der Waals surface area contributed by atoms with E-state index in [1.807, 2.05) is 19.1 Å². The van der Waals surface area contributed by atoms with E-state index in [1.165, 1.54) is 24.3 Å². The molecule has 0 unspecified atom stereocenters. The van der Waals surface area contributed by atoms with Crippen LogP contribution in [-0.4, -0.2) is 16.7 Å². The number of carbonyl (C=O) groups is 2. The standard InChI is InChI=1S/C24H18ClN3O4/c1-14-6-3-4-9-20(14)27-23(29)21(16-10-12-17(13-11-16)28(31)32)22(24(27)30)26-19-8-5-7-18(25)15(19)2/h3-13,26H,1-2H3. The highest BCUT2D eigenvalue weighted by molar-refractivity contribution is 6.46. The van der Waals surface area contributed by atoms with Crippen LogP contribution < -0.4 is 10.2 Å². The van der Waals surface area contributed by atoms with Crippen LogP contribution in [0.5, 0.6) is 0 Å². The Balaban J connectivity index is 1.86. The monoisotopic (exact) mass is 447 g/mol. The number of imide groups is 1. The average Bonchev–Trinajstić information content (AvgIpc) is 3.01. The minimum atomic E-state index is -0.520. The Labute approximate surface area is 189 Å². The Bertz CT molecular complexity index is 1300. The first-order chi connectivity index (χ1) is 15.3. The second kappa shape index (κ2) is 8.28. The maximum atomic E-state index is 13.5. The number of nitrogens with zero attached hydrogens (tertiary/aromatic N) is 2. The zero-order valence-corrected chi connectivity index (χ0v) is 18.0. The molecule has 0 saturated heterocycles. The van der Waals surface area contributed by atoms with Gasteiger partial charge in [0.15, 0.2) is 0 Å². The van der Waals surface area contributed by atoms with Gasteiger partial charge in [-0.3, -0.25) is 19.7 Å². The molecule has 4 rings (SSSR count). The molecule has 2 amide bonds. The highest BCUT2D eigenvalue weighted by Gasteiger charge is 2.41. The van der Waals surface area contributed by atoms with Crippen molar-refractivity contribution in [3.05, 3.63) is 104 Å². The lowest BCUT2D eigenvalue weighted by Gasteiger charge is -2.18. The summed E-state index contributed by atoms with van der Waals surface area (Å²) in [6, 6.07) is 17.9. The Hall–Kier alpha value is -3.97. The minimum absolute atomic E-state index is 0.0810. The molecule has 0 atom stereocenters. The van der Waals surface area contributed by atoms with Gasteiger partial charge in [-0.15, -0.1) is 0 Å². The van der Waals surface area contributed by atoms with E-state index in [9.17, 15) is 19.7 Å². The Kier molecular flexibility index (Phi) is 5.50. The Morgan fingerprint density at radius 2 is 1.59 bits per heavy atom. The molecule has 160 valence electrons. The quantitative estimate of drug-likeness (QED) is 0.327. The number of nitro groups is 1. The summed E-state index contributed by atoms with van der Waals surface area (Å²) < 4.78 is 0. The summed E-state index contributed by atoms with van der Waals surface area (Å²) in [4.78, 5) is 38.6. The van der Waals surface area contributed by atoms with E-state index in [0.29, 0.717) is 22.0 Å². The van der Waals surface area contributed by atoms with Crippen LogP contribution in [0.2, 0.25) is 5.02 Å². The number of halogens is 1. The fraction of sp³-hybridized carbons (Fsp3) is 0.0833. The summed E-state index contributed by atoms with van der Waals surface area (Å²) in [7, 11) is 0. The number of benzene rings is 3. The number of rotatable bonds is 5. The van der Waals surface area contributed by atoms with Crippen molar-refractivity contribution in [2.75, 3.05) is 10.2 Å². The van der Waals surface area contributed by atoms with E-state index in [2.05, 4.69) is 5.32 Å². The van der Waals surface area contributed by atoms with Crippen molar-refractivity contribution in [1.29, 1.82) is 0 Å². The van der Waals surface area contributed by atoms with E-state index in [0.717, 1.165) is 16.0 Å². The van der Waals surface area contributed by atoms with Crippen LogP contribution in [0, 0.1) is 24.0 Å². The number of carbonyl (C=O) groups excluding carboxylic acids is 2. The first kappa shape index (κ1) is 21.3. The number of non-ortho nitro benzene ring substituents is 1. The van der Waals surface area contributed by atoms with Crippen molar-refractivity contribution >= 4 is 46.1 Å². The van der Waals surface area contributed by atoms with Crippen LogP contribution in [0.4, 0.5) is 17.1 Å². The fourth-order valence-electron chi connectivity index (χ4n) is 3.57. The predicted molar refractivity (Wildman–Crippen MR) is 124 cm³/mol. The molecular formula is C24H18ClN3O4. The van der Waals surface area contributed by atoms with Gasteiger partial charge in [-0.25, -0.2) is 4.90 Å². The Morgan fingerprint density at radius 1 is 0.906 bits per heavy atom. The normalized spacial score (nSPS) is 13.7. The number of anilines is 2. The molecule has 8 heteroatoms. The van der Waals surface area contributed by atoms with Crippen LogP contribution in [0.25, 0.3) is 5.57 Å². The number of hydrogen-bond donors (Lipinski definition) is 1. The number of nitro benzene ring substituents is 1. The van der Waals surface area contributed by atoms with Gasteiger partial charge in [0.1, 0.15) is 5.70 Å². The van der Waals surface area contributed by atoms with E-state index < -0.39 is 16.7 Å². The molecule has 0 fully saturated rings. The maximum Gasteiger partial charge on any atom is 0.282 e. The highest BCUT2D eigenvalue weighted by Crippen LogP contribution is 2.36. The van der Waals surface area contributed by atoms with E-state index in [1.54, 1.807) is 37.3 Å². The molecule has 1 aliphatic rings. The third-order valence-electron chi connectivity index (χ3n) is 5.33. The lowest BCUT2D eigenvalue weighted by atomic mass is 10.0. The molecule has 0 radical (unpaired) electrons. The number of para-hydroxylation sites is 1. The van der Waals surface area contributed by atoms with Crippen LogP contribution in [0.3, 0.4) is 0 Å². The lowest BCUT2D eigenvalue weighted by Crippen LogP contribution is -2.33. The Morgan fingerprint density at radius 3 is 2.25 bits per heavy atom. The molecule has 0 spiro atoms. The average molecular weight is 448 g/mol. The lowest BCUT2D eigenvalue weighted by molar-refractivity contribution is -0.384. The first-order valence-corrected chi connectivity index (χ1v) is 10.1. The van der Waals surface area contributed by atoms with E-state index in [4.69, 9.17) is 11.6 Å². The molecule has 3 aromatic rings. The van der Waals surface area contributed by atoms with Crippen LogP contribution in [0.15, 0.2) is 72.4 Å². The molecule has 0 aliphatic carbocycles. The van der Waals surface area contributed by atoms with Crippen molar-refractivity contribution in [3.63, 3.8) is 0 Å². The zero-order chi connectivity index (χ0) is 23.0. The smallest absolute Gasteiger partial charge is 0.282 e. The zero-order valence-electron chi connectivity index (χ0n) is 17.3. The molecule has 0 saturated carbocycles.